The van der Waals surface area contributed by atoms with E-state index in [1.165, 1.54) is 70.6 Å². The van der Waals surface area contributed by atoms with E-state index in [1.54, 1.807) is 0 Å². The zero-order valence-electron chi connectivity index (χ0n) is 21.5. The predicted molar refractivity (Wildman–Crippen MR) is 138 cm³/mol. The van der Waals surface area contributed by atoms with Crippen molar-refractivity contribution in [2.75, 3.05) is 13.1 Å². The van der Waals surface area contributed by atoms with Crippen LogP contribution in [0.1, 0.15) is 129 Å². The maximum absolute atomic E-state index is 12.3. The molecular formula is C27H53N3O3. The first-order chi connectivity index (χ1) is 16.1. The maximum atomic E-state index is 12.3. The Bertz CT molecular complexity index is 485. The van der Waals surface area contributed by atoms with Crippen molar-refractivity contribution in [2.24, 2.45) is 17.4 Å². The molecule has 0 heterocycles. The van der Waals surface area contributed by atoms with Crippen LogP contribution in [0.25, 0.3) is 0 Å². The Kier molecular flexibility index (Phi) is 23.0. The summed E-state index contributed by atoms with van der Waals surface area (Å²) in [6.45, 7) is 3.31. The standard InChI is InChI=1S/C27H53N3O3/c1-2-3-4-5-6-7-8-9-10-11-12-13-14-20-26(32)24(23-31)18-17-22-30-27(33)25(29)19-15-16-21-28/h23-25H,2-22,28-29H2,1H3,(H,30,33)/t24?,25-/m0/s1. The number of hydrogen-bond donors (Lipinski definition) is 3. The normalized spacial score (nSPS) is 12.9. The molecule has 0 aromatic carbocycles. The van der Waals surface area contributed by atoms with E-state index in [0.717, 1.165) is 32.0 Å². The molecule has 0 fully saturated rings. The number of nitrogens with one attached hydrogen (secondary N) is 1. The zero-order chi connectivity index (χ0) is 24.6. The van der Waals surface area contributed by atoms with Crippen LogP contribution in [0.5, 0.6) is 0 Å². The van der Waals surface area contributed by atoms with Crippen molar-refractivity contribution in [1.29, 1.82) is 0 Å². The SMILES string of the molecule is CCCCCCCCCCCCCCCC(=O)C(C=O)CCCNC(=O)[C@@H](N)CCCCN. The average Bonchev–Trinajstić information content (AvgIpc) is 2.81. The van der Waals surface area contributed by atoms with Gasteiger partial charge >= 0.3 is 0 Å². The third-order valence-electron chi connectivity index (χ3n) is 6.40. The van der Waals surface area contributed by atoms with E-state index in [-0.39, 0.29) is 11.7 Å². The van der Waals surface area contributed by atoms with Gasteiger partial charge in [0.25, 0.3) is 0 Å². The fourth-order valence-corrected chi connectivity index (χ4v) is 4.11. The molecule has 0 aromatic heterocycles. The van der Waals surface area contributed by atoms with Gasteiger partial charge in [-0.3, -0.25) is 9.59 Å². The number of ketones is 1. The van der Waals surface area contributed by atoms with Crippen molar-refractivity contribution in [3.05, 3.63) is 0 Å². The summed E-state index contributed by atoms with van der Waals surface area (Å²) >= 11 is 0. The quantitative estimate of drug-likeness (QED) is 0.0969. The van der Waals surface area contributed by atoms with Crippen molar-refractivity contribution >= 4 is 18.0 Å². The van der Waals surface area contributed by atoms with Crippen LogP contribution in [0.2, 0.25) is 0 Å². The van der Waals surface area contributed by atoms with Crippen molar-refractivity contribution in [2.45, 2.75) is 135 Å². The van der Waals surface area contributed by atoms with Gasteiger partial charge in [-0.2, -0.15) is 0 Å². The van der Waals surface area contributed by atoms with E-state index in [4.69, 9.17) is 11.5 Å². The van der Waals surface area contributed by atoms with Crippen molar-refractivity contribution < 1.29 is 14.4 Å². The fraction of sp³-hybridized carbons (Fsp3) is 0.889. The molecule has 0 aliphatic rings. The van der Waals surface area contributed by atoms with Gasteiger partial charge in [-0.1, -0.05) is 90.4 Å². The van der Waals surface area contributed by atoms with Gasteiger partial charge in [0.15, 0.2) is 0 Å². The molecule has 0 radical (unpaired) electrons. The first-order valence-electron chi connectivity index (χ1n) is 13.8. The molecule has 0 saturated carbocycles. The van der Waals surface area contributed by atoms with Crippen LogP contribution in [-0.2, 0) is 14.4 Å². The van der Waals surface area contributed by atoms with Crippen molar-refractivity contribution in [3.8, 4) is 0 Å². The Morgan fingerprint density at radius 3 is 1.82 bits per heavy atom. The summed E-state index contributed by atoms with van der Waals surface area (Å²) in [5.74, 6) is -0.677. The minimum atomic E-state index is -0.544. The Hall–Kier alpha value is -1.27. The zero-order valence-corrected chi connectivity index (χ0v) is 21.5. The molecule has 0 aliphatic heterocycles. The van der Waals surface area contributed by atoms with E-state index in [0.29, 0.717) is 38.8 Å². The number of rotatable bonds is 25. The largest absolute Gasteiger partial charge is 0.355 e. The van der Waals surface area contributed by atoms with Crippen LogP contribution in [0.15, 0.2) is 0 Å². The van der Waals surface area contributed by atoms with Gasteiger partial charge in [0.05, 0.1) is 12.0 Å². The molecule has 5 N–H and O–H groups in total. The average molecular weight is 468 g/mol. The lowest BCUT2D eigenvalue weighted by Crippen LogP contribution is -2.41. The molecule has 33 heavy (non-hydrogen) atoms. The van der Waals surface area contributed by atoms with E-state index in [9.17, 15) is 14.4 Å². The molecule has 0 saturated heterocycles. The highest BCUT2D eigenvalue weighted by atomic mass is 16.2. The first-order valence-corrected chi connectivity index (χ1v) is 13.8. The predicted octanol–water partition coefficient (Wildman–Crippen LogP) is 5.20. The molecule has 0 aromatic rings. The topological polar surface area (TPSA) is 115 Å². The van der Waals surface area contributed by atoms with E-state index >= 15 is 0 Å². The Labute approximate surface area is 203 Å². The van der Waals surface area contributed by atoms with Gasteiger partial charge in [-0.15, -0.1) is 0 Å². The minimum absolute atomic E-state index is 0.0397. The van der Waals surface area contributed by atoms with Gasteiger partial charge < -0.3 is 21.6 Å². The molecule has 194 valence electrons. The molecule has 6 heteroatoms. The van der Waals surface area contributed by atoms with E-state index < -0.39 is 12.0 Å². The van der Waals surface area contributed by atoms with Crippen LogP contribution in [0.3, 0.4) is 0 Å². The number of aldehydes is 1. The van der Waals surface area contributed by atoms with Gasteiger partial charge in [0.1, 0.15) is 12.1 Å². The van der Waals surface area contributed by atoms with Crippen LogP contribution in [0, 0.1) is 5.92 Å². The highest BCUT2D eigenvalue weighted by Crippen LogP contribution is 2.15. The summed E-state index contributed by atoms with van der Waals surface area (Å²) in [5, 5.41) is 2.80. The molecule has 1 amide bonds. The summed E-state index contributed by atoms with van der Waals surface area (Å²) in [6.07, 6.45) is 21.2. The third-order valence-corrected chi connectivity index (χ3v) is 6.40. The van der Waals surface area contributed by atoms with Gasteiger partial charge in [0.2, 0.25) is 5.91 Å². The number of carbonyl (C=O) groups is 3. The summed E-state index contributed by atoms with van der Waals surface area (Å²) < 4.78 is 0. The Balaban J connectivity index is 3.65. The number of Topliss-reactive ketones (excluding diaryl/α,β-unsaturated/α-hetero) is 1. The lowest BCUT2D eigenvalue weighted by Gasteiger charge is -2.13. The number of unbranched alkanes of at least 4 members (excludes halogenated alkanes) is 13. The summed E-state index contributed by atoms with van der Waals surface area (Å²) in [5.41, 5.74) is 11.3. The van der Waals surface area contributed by atoms with Crippen molar-refractivity contribution in [3.63, 3.8) is 0 Å². The lowest BCUT2D eigenvalue weighted by atomic mass is 9.95. The second-order valence-electron chi connectivity index (χ2n) is 9.53. The number of nitrogens with two attached hydrogens (primary N) is 2. The fourth-order valence-electron chi connectivity index (χ4n) is 4.11. The molecule has 0 bridgehead atoms. The van der Waals surface area contributed by atoms with Gasteiger partial charge in [0, 0.05) is 13.0 Å². The number of hydrogen-bond acceptors (Lipinski definition) is 5. The molecule has 0 rings (SSSR count). The second kappa shape index (κ2) is 23.9. The molecular weight excluding hydrogens is 414 g/mol. The molecule has 0 spiro atoms. The molecule has 0 aliphatic carbocycles. The van der Waals surface area contributed by atoms with E-state index in [2.05, 4.69) is 12.2 Å². The number of carbonyl (C=O) groups excluding carboxylic acids is 3. The Morgan fingerprint density at radius 2 is 1.30 bits per heavy atom. The summed E-state index contributed by atoms with van der Waals surface area (Å²) in [4.78, 5) is 35.6. The highest BCUT2D eigenvalue weighted by Gasteiger charge is 2.17. The van der Waals surface area contributed by atoms with Crippen LogP contribution in [0.4, 0.5) is 0 Å². The number of amides is 1. The van der Waals surface area contributed by atoms with E-state index in [1.807, 2.05) is 0 Å². The van der Waals surface area contributed by atoms with Gasteiger partial charge in [-0.05, 0) is 38.6 Å². The second-order valence-corrected chi connectivity index (χ2v) is 9.53. The smallest absolute Gasteiger partial charge is 0.236 e. The monoisotopic (exact) mass is 467 g/mol. The minimum Gasteiger partial charge on any atom is -0.355 e. The first kappa shape index (κ1) is 31.7. The maximum Gasteiger partial charge on any atom is 0.236 e. The lowest BCUT2D eigenvalue weighted by molar-refractivity contribution is -0.127. The van der Waals surface area contributed by atoms with Crippen LogP contribution >= 0.6 is 0 Å². The summed E-state index contributed by atoms with van der Waals surface area (Å²) in [6, 6.07) is -0.518. The van der Waals surface area contributed by atoms with Crippen molar-refractivity contribution in [1.82, 2.24) is 5.32 Å². The Morgan fingerprint density at radius 1 is 0.758 bits per heavy atom. The molecule has 6 nitrogen and oxygen atoms in total. The van der Waals surface area contributed by atoms with Crippen LogP contribution < -0.4 is 16.8 Å². The molecule has 1 unspecified atom stereocenters. The van der Waals surface area contributed by atoms with Crippen LogP contribution in [-0.4, -0.2) is 37.1 Å². The molecule has 2 atom stereocenters. The highest BCUT2D eigenvalue weighted by molar-refractivity contribution is 5.93. The van der Waals surface area contributed by atoms with Gasteiger partial charge in [-0.25, -0.2) is 0 Å². The third kappa shape index (κ3) is 19.9. The summed E-state index contributed by atoms with van der Waals surface area (Å²) in [7, 11) is 0.